The summed E-state index contributed by atoms with van der Waals surface area (Å²) in [6, 6.07) is 0. The summed E-state index contributed by atoms with van der Waals surface area (Å²) in [7, 11) is 3.97. The summed E-state index contributed by atoms with van der Waals surface area (Å²) in [6.45, 7) is 6.27. The lowest BCUT2D eigenvalue weighted by Gasteiger charge is -2.32. The van der Waals surface area contributed by atoms with Gasteiger partial charge >= 0.3 is 0 Å². The van der Waals surface area contributed by atoms with E-state index >= 15 is 0 Å². The predicted octanol–water partition coefficient (Wildman–Crippen LogP) is 3.12. The summed E-state index contributed by atoms with van der Waals surface area (Å²) in [6.07, 6.45) is 8.96. The summed E-state index contributed by atoms with van der Waals surface area (Å²) in [5.41, 5.74) is 1.93. The molecule has 2 aromatic rings. The van der Waals surface area contributed by atoms with Gasteiger partial charge in [-0.1, -0.05) is 6.08 Å². The number of likely N-dealkylation sites (N-methyl/N-ethyl adjacent to an activating group) is 1. The third-order valence-electron chi connectivity index (χ3n) is 4.83. The van der Waals surface area contributed by atoms with Crippen molar-refractivity contribution in [1.82, 2.24) is 24.8 Å². The first-order valence-corrected chi connectivity index (χ1v) is 10.4. The van der Waals surface area contributed by atoms with Gasteiger partial charge in [-0.3, -0.25) is 9.78 Å². The molecule has 2 aromatic heterocycles. The normalized spacial score (nSPS) is 17.5. The SMILES string of the molecule is Cc1nc(Nc2nccnc2C2CCCN(C(=O)/C=C/CN(C)C)C2)sc1C. The Bertz CT molecular complexity index is 827. The van der Waals surface area contributed by atoms with Gasteiger partial charge in [0.1, 0.15) is 0 Å². The van der Waals surface area contributed by atoms with Crippen molar-refractivity contribution in [3.8, 4) is 0 Å². The van der Waals surface area contributed by atoms with E-state index in [-0.39, 0.29) is 11.8 Å². The Labute approximate surface area is 170 Å². The number of carbonyl (C=O) groups excluding carboxylic acids is 1. The topological polar surface area (TPSA) is 74.2 Å². The number of rotatable bonds is 6. The van der Waals surface area contributed by atoms with E-state index in [0.29, 0.717) is 6.54 Å². The molecule has 3 heterocycles. The monoisotopic (exact) mass is 400 g/mol. The Hall–Kier alpha value is -2.32. The van der Waals surface area contributed by atoms with Gasteiger partial charge in [-0.25, -0.2) is 9.97 Å². The highest BCUT2D eigenvalue weighted by Crippen LogP contribution is 2.32. The zero-order valence-electron chi connectivity index (χ0n) is 17.0. The molecule has 7 nitrogen and oxygen atoms in total. The molecule has 1 atom stereocenters. The van der Waals surface area contributed by atoms with Crippen LogP contribution in [0.4, 0.5) is 10.9 Å². The largest absolute Gasteiger partial charge is 0.338 e. The van der Waals surface area contributed by atoms with Gasteiger partial charge in [0.15, 0.2) is 10.9 Å². The molecule has 0 spiro atoms. The quantitative estimate of drug-likeness (QED) is 0.751. The molecule has 1 fully saturated rings. The first-order valence-electron chi connectivity index (χ1n) is 9.56. The van der Waals surface area contributed by atoms with Gasteiger partial charge in [-0.2, -0.15) is 0 Å². The lowest BCUT2D eigenvalue weighted by atomic mass is 9.94. The van der Waals surface area contributed by atoms with Crippen LogP contribution in [0.2, 0.25) is 0 Å². The number of likely N-dealkylation sites (tertiary alicyclic amines) is 1. The number of hydrogen-bond acceptors (Lipinski definition) is 7. The molecule has 0 aromatic carbocycles. The Morgan fingerprint density at radius 1 is 1.36 bits per heavy atom. The van der Waals surface area contributed by atoms with Crippen molar-refractivity contribution in [2.24, 2.45) is 0 Å². The number of aromatic nitrogens is 3. The van der Waals surface area contributed by atoms with E-state index < -0.39 is 0 Å². The van der Waals surface area contributed by atoms with E-state index in [0.717, 1.165) is 48.3 Å². The number of thiazole rings is 1. The van der Waals surface area contributed by atoms with Crippen LogP contribution in [0.15, 0.2) is 24.5 Å². The number of nitrogens with one attached hydrogen (secondary N) is 1. The van der Waals surface area contributed by atoms with E-state index in [1.165, 1.54) is 4.88 Å². The minimum atomic E-state index is 0.0659. The molecule has 1 aliphatic rings. The Morgan fingerprint density at radius 2 is 2.14 bits per heavy atom. The third-order valence-corrected chi connectivity index (χ3v) is 5.82. The fourth-order valence-corrected chi connectivity index (χ4v) is 4.06. The van der Waals surface area contributed by atoms with Crippen molar-refractivity contribution in [2.45, 2.75) is 32.6 Å². The second-order valence-corrected chi connectivity index (χ2v) is 8.57. The molecular formula is C20H28N6OS. The standard InChI is InChI=1S/C20H28N6OS/c1-14-15(2)28-20(23-14)24-19-18(21-9-10-22-19)16-7-5-12-26(13-16)17(27)8-6-11-25(3)4/h6,8-10,16H,5,7,11-13H2,1-4H3,(H,22,23,24)/b8-6+. The molecular weight excluding hydrogens is 372 g/mol. The molecule has 1 aliphatic heterocycles. The molecule has 0 bridgehead atoms. The second-order valence-electron chi connectivity index (χ2n) is 7.36. The van der Waals surface area contributed by atoms with Crippen LogP contribution >= 0.6 is 11.3 Å². The van der Waals surface area contributed by atoms with Crippen LogP contribution in [0, 0.1) is 13.8 Å². The maximum absolute atomic E-state index is 12.5. The van der Waals surface area contributed by atoms with Crippen LogP contribution in [-0.2, 0) is 4.79 Å². The van der Waals surface area contributed by atoms with Crippen LogP contribution in [0.3, 0.4) is 0 Å². The summed E-state index contributed by atoms with van der Waals surface area (Å²) in [5.74, 6) is 0.966. The number of aryl methyl sites for hydroxylation is 2. The molecule has 1 amide bonds. The van der Waals surface area contributed by atoms with E-state index in [1.807, 2.05) is 36.9 Å². The van der Waals surface area contributed by atoms with Gasteiger partial charge in [0, 0.05) is 48.9 Å². The fourth-order valence-electron chi connectivity index (χ4n) is 3.24. The van der Waals surface area contributed by atoms with Gasteiger partial charge in [0.25, 0.3) is 0 Å². The molecule has 1 N–H and O–H groups in total. The van der Waals surface area contributed by atoms with Crippen molar-refractivity contribution in [1.29, 1.82) is 0 Å². The Kier molecular flexibility index (Phi) is 6.74. The highest BCUT2D eigenvalue weighted by molar-refractivity contribution is 7.15. The summed E-state index contributed by atoms with van der Waals surface area (Å²) >= 11 is 1.61. The smallest absolute Gasteiger partial charge is 0.246 e. The molecule has 8 heteroatoms. The molecule has 0 radical (unpaired) electrons. The highest BCUT2D eigenvalue weighted by Gasteiger charge is 2.27. The van der Waals surface area contributed by atoms with Crippen molar-refractivity contribution in [2.75, 3.05) is 39.0 Å². The van der Waals surface area contributed by atoms with Crippen LogP contribution in [0.1, 0.15) is 35.0 Å². The third kappa shape index (κ3) is 5.14. The van der Waals surface area contributed by atoms with Gasteiger partial charge in [-0.15, -0.1) is 11.3 Å². The molecule has 3 rings (SSSR count). The molecule has 1 saturated heterocycles. The average Bonchev–Trinajstić information content (AvgIpc) is 2.99. The van der Waals surface area contributed by atoms with Gasteiger partial charge in [0.2, 0.25) is 5.91 Å². The minimum absolute atomic E-state index is 0.0659. The lowest BCUT2D eigenvalue weighted by Crippen LogP contribution is -2.38. The maximum Gasteiger partial charge on any atom is 0.246 e. The van der Waals surface area contributed by atoms with Crippen LogP contribution in [0.5, 0.6) is 0 Å². The number of piperidine rings is 1. The first kappa shape index (κ1) is 20.4. The summed E-state index contributed by atoms with van der Waals surface area (Å²) < 4.78 is 0. The molecule has 0 saturated carbocycles. The number of hydrogen-bond donors (Lipinski definition) is 1. The van der Waals surface area contributed by atoms with Gasteiger partial charge in [0.05, 0.1) is 11.4 Å². The Balaban J connectivity index is 1.72. The molecule has 28 heavy (non-hydrogen) atoms. The average molecular weight is 401 g/mol. The molecule has 150 valence electrons. The second kappa shape index (κ2) is 9.25. The van der Waals surface area contributed by atoms with Gasteiger partial charge in [-0.05, 0) is 40.8 Å². The highest BCUT2D eigenvalue weighted by atomic mass is 32.1. The maximum atomic E-state index is 12.5. The van der Waals surface area contributed by atoms with Crippen LogP contribution in [-0.4, -0.2) is 64.4 Å². The van der Waals surface area contributed by atoms with Gasteiger partial charge < -0.3 is 15.1 Å². The number of anilines is 2. The summed E-state index contributed by atoms with van der Waals surface area (Å²) in [5, 5.41) is 4.16. The predicted molar refractivity (Wildman–Crippen MR) is 113 cm³/mol. The van der Waals surface area contributed by atoms with Crippen molar-refractivity contribution < 1.29 is 4.79 Å². The van der Waals surface area contributed by atoms with E-state index in [9.17, 15) is 4.79 Å². The van der Waals surface area contributed by atoms with Crippen LogP contribution < -0.4 is 5.32 Å². The zero-order chi connectivity index (χ0) is 20.1. The Morgan fingerprint density at radius 3 is 2.86 bits per heavy atom. The van der Waals surface area contributed by atoms with Crippen molar-refractivity contribution in [3.05, 3.63) is 40.8 Å². The zero-order valence-corrected chi connectivity index (χ0v) is 17.8. The van der Waals surface area contributed by atoms with E-state index in [1.54, 1.807) is 29.8 Å². The molecule has 1 unspecified atom stereocenters. The van der Waals surface area contributed by atoms with E-state index in [4.69, 9.17) is 0 Å². The number of carbonyl (C=O) groups is 1. The molecule has 0 aliphatic carbocycles. The summed E-state index contributed by atoms with van der Waals surface area (Å²) in [4.78, 5) is 31.3. The van der Waals surface area contributed by atoms with Crippen LogP contribution in [0.25, 0.3) is 0 Å². The fraction of sp³-hybridized carbons (Fsp3) is 0.500. The van der Waals surface area contributed by atoms with Crippen molar-refractivity contribution >= 4 is 28.2 Å². The first-order chi connectivity index (χ1) is 13.4. The number of amides is 1. The minimum Gasteiger partial charge on any atom is -0.338 e. The van der Waals surface area contributed by atoms with Crippen molar-refractivity contribution in [3.63, 3.8) is 0 Å². The van der Waals surface area contributed by atoms with E-state index in [2.05, 4.69) is 27.2 Å². The lowest BCUT2D eigenvalue weighted by molar-refractivity contribution is -0.127. The number of nitrogens with zero attached hydrogens (tertiary/aromatic N) is 5.